The lowest BCUT2D eigenvalue weighted by Crippen LogP contribution is -2.33. The van der Waals surface area contributed by atoms with Gasteiger partial charge in [0.2, 0.25) is 5.91 Å². The Hall–Kier alpha value is -3.61. The highest BCUT2D eigenvalue weighted by Gasteiger charge is 2.19. The van der Waals surface area contributed by atoms with Crippen molar-refractivity contribution < 1.29 is 14.3 Å². The van der Waals surface area contributed by atoms with E-state index in [9.17, 15) is 9.59 Å². The van der Waals surface area contributed by atoms with E-state index < -0.39 is 6.04 Å². The first-order valence-corrected chi connectivity index (χ1v) is 8.71. The first-order chi connectivity index (χ1) is 13.5. The van der Waals surface area contributed by atoms with Crippen molar-refractivity contribution in [2.75, 3.05) is 19.5 Å². The second-order valence-corrected chi connectivity index (χ2v) is 6.13. The van der Waals surface area contributed by atoms with E-state index in [1.807, 2.05) is 30.3 Å². The third kappa shape index (κ3) is 4.20. The Labute approximate surface area is 162 Å². The molecule has 0 saturated carbocycles. The van der Waals surface area contributed by atoms with Gasteiger partial charge in [0.05, 0.1) is 19.9 Å². The van der Waals surface area contributed by atoms with Crippen LogP contribution in [0.2, 0.25) is 0 Å². The van der Waals surface area contributed by atoms with E-state index in [0.717, 1.165) is 5.56 Å². The van der Waals surface area contributed by atoms with Crippen molar-refractivity contribution in [1.29, 1.82) is 0 Å². The number of ether oxygens (including phenoxy) is 2. The Balaban J connectivity index is 1.87. The van der Waals surface area contributed by atoms with E-state index in [-0.39, 0.29) is 11.5 Å². The molecule has 3 aromatic rings. The van der Waals surface area contributed by atoms with Crippen LogP contribution in [-0.4, -0.2) is 29.9 Å². The lowest BCUT2D eigenvalue weighted by Gasteiger charge is -2.16. The van der Waals surface area contributed by atoms with Crippen molar-refractivity contribution in [3.05, 3.63) is 71.0 Å². The van der Waals surface area contributed by atoms with Gasteiger partial charge >= 0.3 is 0 Å². The van der Waals surface area contributed by atoms with Crippen LogP contribution < -0.4 is 20.3 Å². The molecule has 7 nitrogen and oxygen atoms in total. The molecule has 1 unspecified atom stereocenters. The monoisotopic (exact) mass is 379 g/mol. The van der Waals surface area contributed by atoms with Gasteiger partial charge in [0.25, 0.3) is 5.56 Å². The van der Waals surface area contributed by atoms with Crippen LogP contribution in [0.1, 0.15) is 13.0 Å². The quantitative estimate of drug-likeness (QED) is 0.712. The van der Waals surface area contributed by atoms with E-state index in [0.29, 0.717) is 22.9 Å². The van der Waals surface area contributed by atoms with Crippen LogP contribution >= 0.6 is 0 Å². The third-order valence-corrected chi connectivity index (χ3v) is 4.26. The van der Waals surface area contributed by atoms with Crippen LogP contribution in [0.25, 0.3) is 11.3 Å². The summed E-state index contributed by atoms with van der Waals surface area (Å²) in [6.07, 6.45) is 0. The summed E-state index contributed by atoms with van der Waals surface area (Å²) >= 11 is 0. The predicted molar refractivity (Wildman–Crippen MR) is 107 cm³/mol. The van der Waals surface area contributed by atoms with Gasteiger partial charge in [-0.3, -0.25) is 9.59 Å². The van der Waals surface area contributed by atoms with Gasteiger partial charge in [-0.2, -0.15) is 5.10 Å². The molecule has 2 aromatic carbocycles. The van der Waals surface area contributed by atoms with Gasteiger partial charge in [-0.15, -0.1) is 0 Å². The summed E-state index contributed by atoms with van der Waals surface area (Å²) < 4.78 is 11.6. The fraction of sp³-hybridized carbons (Fsp3) is 0.190. The summed E-state index contributed by atoms with van der Waals surface area (Å²) in [5, 5.41) is 7.14. The number of benzene rings is 2. The predicted octanol–water partition coefficient (Wildman–Crippen LogP) is 3.13. The molecule has 0 aliphatic carbocycles. The Bertz CT molecular complexity index is 1010. The molecule has 0 aliphatic heterocycles. The molecule has 0 fully saturated rings. The molecular formula is C21H21N3O4. The van der Waals surface area contributed by atoms with Crippen molar-refractivity contribution in [2.45, 2.75) is 13.0 Å². The van der Waals surface area contributed by atoms with Crippen LogP contribution in [0.5, 0.6) is 11.5 Å². The van der Waals surface area contributed by atoms with Gasteiger partial charge in [-0.05, 0) is 13.0 Å². The van der Waals surface area contributed by atoms with Gasteiger partial charge < -0.3 is 14.8 Å². The smallest absolute Gasteiger partial charge is 0.267 e. The number of rotatable bonds is 6. The number of nitrogens with zero attached hydrogens (tertiary/aromatic N) is 2. The average Bonchev–Trinajstić information content (AvgIpc) is 2.73. The number of amides is 1. The van der Waals surface area contributed by atoms with Crippen molar-refractivity contribution in [2.24, 2.45) is 0 Å². The maximum atomic E-state index is 12.7. The second-order valence-electron chi connectivity index (χ2n) is 6.13. The second kappa shape index (κ2) is 8.39. The minimum Gasteiger partial charge on any atom is -0.497 e. The van der Waals surface area contributed by atoms with Crippen molar-refractivity contribution in [1.82, 2.24) is 9.78 Å². The van der Waals surface area contributed by atoms with E-state index in [4.69, 9.17) is 9.47 Å². The molecule has 7 heteroatoms. The van der Waals surface area contributed by atoms with Gasteiger partial charge in [-0.1, -0.05) is 30.3 Å². The van der Waals surface area contributed by atoms with Crippen LogP contribution in [0.4, 0.5) is 5.69 Å². The SMILES string of the molecule is COc1cc(NC(=O)C(C)n2nc(-c3ccccc3)ccc2=O)cc(OC)c1. The number of aromatic nitrogens is 2. The van der Waals surface area contributed by atoms with Crippen LogP contribution in [0, 0.1) is 0 Å². The lowest BCUT2D eigenvalue weighted by molar-refractivity contribution is -0.119. The van der Waals surface area contributed by atoms with Gasteiger partial charge in [-0.25, -0.2) is 4.68 Å². The lowest BCUT2D eigenvalue weighted by atomic mass is 10.1. The van der Waals surface area contributed by atoms with Gasteiger partial charge in [0.1, 0.15) is 17.5 Å². The number of hydrogen-bond donors (Lipinski definition) is 1. The third-order valence-electron chi connectivity index (χ3n) is 4.26. The first kappa shape index (κ1) is 19.2. The zero-order valence-corrected chi connectivity index (χ0v) is 15.9. The molecule has 1 aromatic heterocycles. The van der Waals surface area contributed by atoms with Crippen molar-refractivity contribution in [3.63, 3.8) is 0 Å². The molecule has 0 spiro atoms. The summed E-state index contributed by atoms with van der Waals surface area (Å²) in [6, 6.07) is 16.7. The molecule has 144 valence electrons. The Morgan fingerprint density at radius 1 is 1.00 bits per heavy atom. The summed E-state index contributed by atoms with van der Waals surface area (Å²) in [5.41, 5.74) is 1.62. The molecule has 0 radical (unpaired) electrons. The number of methoxy groups -OCH3 is 2. The molecule has 0 bridgehead atoms. The summed E-state index contributed by atoms with van der Waals surface area (Å²) in [7, 11) is 3.06. The van der Waals surface area contributed by atoms with Crippen LogP contribution in [-0.2, 0) is 4.79 Å². The normalized spacial score (nSPS) is 11.5. The standard InChI is InChI=1S/C21H21N3O4/c1-14(21(26)22-16-11-17(27-2)13-18(12-16)28-3)24-20(25)10-9-19(23-24)15-7-5-4-6-8-15/h4-14H,1-3H3,(H,22,26). The van der Waals surface area contributed by atoms with E-state index in [2.05, 4.69) is 10.4 Å². The number of hydrogen-bond acceptors (Lipinski definition) is 5. The average molecular weight is 379 g/mol. The highest BCUT2D eigenvalue weighted by atomic mass is 16.5. The summed E-state index contributed by atoms with van der Waals surface area (Å²) in [4.78, 5) is 25.0. The first-order valence-electron chi connectivity index (χ1n) is 8.71. The van der Waals surface area contributed by atoms with Gasteiger partial charge in [0.15, 0.2) is 0 Å². The molecule has 1 atom stereocenters. The molecular weight excluding hydrogens is 358 g/mol. The van der Waals surface area contributed by atoms with Crippen LogP contribution in [0.15, 0.2) is 65.5 Å². The largest absolute Gasteiger partial charge is 0.497 e. The Kier molecular flexibility index (Phi) is 5.74. The van der Waals surface area contributed by atoms with Gasteiger partial charge in [0, 0.05) is 35.5 Å². The molecule has 28 heavy (non-hydrogen) atoms. The number of carbonyl (C=O) groups excluding carboxylic acids is 1. The zero-order chi connectivity index (χ0) is 20.1. The van der Waals surface area contributed by atoms with E-state index in [1.54, 1.807) is 31.2 Å². The van der Waals surface area contributed by atoms with Crippen molar-refractivity contribution in [3.8, 4) is 22.8 Å². The van der Waals surface area contributed by atoms with E-state index in [1.165, 1.54) is 25.0 Å². The molecule has 1 N–H and O–H groups in total. The maximum Gasteiger partial charge on any atom is 0.267 e. The molecule has 3 rings (SSSR count). The summed E-state index contributed by atoms with van der Waals surface area (Å²) in [6.45, 7) is 1.62. The van der Waals surface area contributed by atoms with Crippen LogP contribution in [0.3, 0.4) is 0 Å². The zero-order valence-electron chi connectivity index (χ0n) is 15.9. The fourth-order valence-electron chi connectivity index (χ4n) is 2.70. The molecule has 1 heterocycles. The Morgan fingerprint density at radius 2 is 1.64 bits per heavy atom. The topological polar surface area (TPSA) is 82.5 Å². The maximum absolute atomic E-state index is 12.7. The molecule has 0 saturated heterocycles. The highest BCUT2D eigenvalue weighted by molar-refractivity contribution is 5.93. The molecule has 0 aliphatic rings. The minimum absolute atomic E-state index is 0.356. The Morgan fingerprint density at radius 3 is 2.25 bits per heavy atom. The number of nitrogens with one attached hydrogen (secondary N) is 1. The van der Waals surface area contributed by atoms with Crippen molar-refractivity contribution >= 4 is 11.6 Å². The number of carbonyl (C=O) groups is 1. The van der Waals surface area contributed by atoms with E-state index >= 15 is 0 Å². The highest BCUT2D eigenvalue weighted by Crippen LogP contribution is 2.26. The fourth-order valence-corrected chi connectivity index (χ4v) is 2.70. The summed E-state index contributed by atoms with van der Waals surface area (Å²) in [5.74, 6) is 0.711. The molecule has 1 amide bonds. The number of anilines is 1. The minimum atomic E-state index is -0.812.